The molecule has 0 atom stereocenters. The Morgan fingerprint density at radius 3 is 2.74 bits per heavy atom. The van der Waals surface area contributed by atoms with Crippen LogP contribution in [0, 0.1) is 18.3 Å². The van der Waals surface area contributed by atoms with Gasteiger partial charge in [-0.05, 0) is 32.8 Å². The molecule has 1 fully saturated rings. The van der Waals surface area contributed by atoms with Crippen LogP contribution in [0.3, 0.4) is 0 Å². The highest BCUT2D eigenvalue weighted by Crippen LogP contribution is 2.24. The first-order valence-electron chi connectivity index (χ1n) is 7.56. The summed E-state index contributed by atoms with van der Waals surface area (Å²) in [6.45, 7) is 5.29. The number of aryl methyl sites for hydroxylation is 1. The Morgan fingerprint density at radius 2 is 2.13 bits per heavy atom. The Hall–Kier alpha value is -2.07. The number of carbonyl (C=O) groups excluding carboxylic acids is 2. The fourth-order valence-corrected chi connectivity index (χ4v) is 3.28. The highest BCUT2D eigenvalue weighted by Gasteiger charge is 2.20. The van der Waals surface area contributed by atoms with E-state index in [0.717, 1.165) is 25.9 Å². The van der Waals surface area contributed by atoms with E-state index in [1.807, 2.05) is 11.0 Å². The van der Waals surface area contributed by atoms with E-state index in [1.54, 1.807) is 13.8 Å². The molecule has 1 aliphatic heterocycles. The van der Waals surface area contributed by atoms with Crippen LogP contribution in [0.4, 0.5) is 0 Å². The van der Waals surface area contributed by atoms with Crippen molar-refractivity contribution in [2.75, 3.05) is 25.4 Å². The molecule has 1 saturated heterocycles. The third kappa shape index (κ3) is 4.23. The summed E-state index contributed by atoms with van der Waals surface area (Å²) in [6, 6.07) is 3.53. The van der Waals surface area contributed by atoms with Crippen molar-refractivity contribution in [3.63, 3.8) is 0 Å². The number of aromatic nitrogens is 1. The van der Waals surface area contributed by atoms with E-state index in [-0.39, 0.29) is 23.8 Å². The summed E-state index contributed by atoms with van der Waals surface area (Å²) in [5.74, 6) is -0.177. The number of ether oxygens (including phenoxy) is 1. The lowest BCUT2D eigenvalue weighted by Gasteiger charge is -2.15. The summed E-state index contributed by atoms with van der Waals surface area (Å²) >= 11 is 1.24. The molecule has 2 rings (SSSR count). The molecule has 0 aliphatic carbocycles. The molecule has 0 aromatic carbocycles. The molecule has 0 radical (unpaired) electrons. The predicted molar refractivity (Wildman–Crippen MR) is 86.2 cm³/mol. The Labute approximate surface area is 139 Å². The molecular formula is C16H19N3O3S. The van der Waals surface area contributed by atoms with Crippen molar-refractivity contribution < 1.29 is 14.3 Å². The summed E-state index contributed by atoms with van der Waals surface area (Å²) in [4.78, 5) is 30.1. The molecule has 23 heavy (non-hydrogen) atoms. The van der Waals surface area contributed by atoms with E-state index >= 15 is 0 Å². The number of likely N-dealkylation sites (tertiary alicyclic amines) is 1. The average Bonchev–Trinajstić information content (AvgIpc) is 3.07. The van der Waals surface area contributed by atoms with Crippen LogP contribution in [0.15, 0.2) is 11.1 Å². The van der Waals surface area contributed by atoms with Gasteiger partial charge in [-0.15, -0.1) is 0 Å². The standard InChI is InChI=1S/C16H19N3O3S/c1-3-22-16(21)13-8-12(9-17)15(18-11(13)2)23-10-14(20)19-6-4-5-7-19/h8H,3-7,10H2,1-2H3. The van der Waals surface area contributed by atoms with Crippen LogP contribution >= 0.6 is 11.8 Å². The maximum atomic E-state index is 12.1. The van der Waals surface area contributed by atoms with Gasteiger partial charge < -0.3 is 9.64 Å². The molecule has 1 amide bonds. The lowest BCUT2D eigenvalue weighted by Crippen LogP contribution is -2.29. The van der Waals surface area contributed by atoms with Gasteiger partial charge >= 0.3 is 5.97 Å². The second-order valence-corrected chi connectivity index (χ2v) is 6.15. The lowest BCUT2D eigenvalue weighted by atomic mass is 10.1. The van der Waals surface area contributed by atoms with Crippen LogP contribution in [0.2, 0.25) is 0 Å². The predicted octanol–water partition coefficient (Wildman–Crippen LogP) is 2.15. The van der Waals surface area contributed by atoms with Gasteiger partial charge in [-0.1, -0.05) is 11.8 Å². The summed E-state index contributed by atoms with van der Waals surface area (Å²) in [5.41, 5.74) is 1.08. The zero-order valence-electron chi connectivity index (χ0n) is 13.3. The van der Waals surface area contributed by atoms with Crippen molar-refractivity contribution in [2.24, 2.45) is 0 Å². The smallest absolute Gasteiger partial charge is 0.340 e. The molecular weight excluding hydrogens is 314 g/mol. The lowest BCUT2D eigenvalue weighted by molar-refractivity contribution is -0.127. The third-order valence-corrected chi connectivity index (χ3v) is 4.56. The monoisotopic (exact) mass is 333 g/mol. The van der Waals surface area contributed by atoms with Gasteiger partial charge in [0, 0.05) is 13.1 Å². The number of carbonyl (C=O) groups is 2. The van der Waals surface area contributed by atoms with E-state index in [2.05, 4.69) is 4.98 Å². The van der Waals surface area contributed by atoms with E-state index in [9.17, 15) is 14.9 Å². The molecule has 2 heterocycles. The topological polar surface area (TPSA) is 83.3 Å². The Morgan fingerprint density at radius 1 is 1.43 bits per heavy atom. The number of esters is 1. The summed E-state index contributed by atoms with van der Waals surface area (Å²) in [6.07, 6.45) is 2.09. The van der Waals surface area contributed by atoms with Crippen LogP contribution in [-0.4, -0.2) is 47.2 Å². The van der Waals surface area contributed by atoms with Crippen molar-refractivity contribution in [2.45, 2.75) is 31.7 Å². The molecule has 7 heteroatoms. The van der Waals surface area contributed by atoms with Crippen molar-refractivity contribution in [3.8, 4) is 6.07 Å². The molecule has 1 aliphatic rings. The Balaban J connectivity index is 2.12. The highest BCUT2D eigenvalue weighted by atomic mass is 32.2. The van der Waals surface area contributed by atoms with Gasteiger partial charge in [0.2, 0.25) is 5.91 Å². The number of nitrogens with zero attached hydrogens (tertiary/aromatic N) is 3. The summed E-state index contributed by atoms with van der Waals surface area (Å²) in [7, 11) is 0. The van der Waals surface area contributed by atoms with Gasteiger partial charge in [-0.3, -0.25) is 4.79 Å². The minimum atomic E-state index is -0.487. The summed E-state index contributed by atoms with van der Waals surface area (Å²) < 4.78 is 4.96. The van der Waals surface area contributed by atoms with E-state index in [0.29, 0.717) is 16.3 Å². The minimum Gasteiger partial charge on any atom is -0.462 e. The SMILES string of the molecule is CCOC(=O)c1cc(C#N)c(SCC(=O)N2CCCC2)nc1C. The zero-order chi connectivity index (χ0) is 16.8. The first kappa shape index (κ1) is 17.3. The first-order chi connectivity index (χ1) is 11.1. The highest BCUT2D eigenvalue weighted by molar-refractivity contribution is 7.99. The quantitative estimate of drug-likeness (QED) is 0.606. The number of hydrogen-bond donors (Lipinski definition) is 0. The number of nitriles is 1. The zero-order valence-corrected chi connectivity index (χ0v) is 14.1. The average molecular weight is 333 g/mol. The molecule has 0 bridgehead atoms. The summed E-state index contributed by atoms with van der Waals surface area (Å²) in [5, 5.41) is 9.75. The van der Waals surface area contributed by atoms with Crippen LogP contribution in [0.25, 0.3) is 0 Å². The molecule has 122 valence electrons. The van der Waals surface area contributed by atoms with Gasteiger partial charge in [0.25, 0.3) is 0 Å². The van der Waals surface area contributed by atoms with Gasteiger partial charge in [-0.25, -0.2) is 9.78 Å². The van der Waals surface area contributed by atoms with Gasteiger partial charge in [0.1, 0.15) is 11.1 Å². The number of rotatable bonds is 5. The van der Waals surface area contributed by atoms with Crippen molar-refractivity contribution in [1.82, 2.24) is 9.88 Å². The van der Waals surface area contributed by atoms with Gasteiger partial charge in [-0.2, -0.15) is 5.26 Å². The molecule has 1 aromatic heterocycles. The molecule has 0 N–H and O–H groups in total. The van der Waals surface area contributed by atoms with E-state index in [1.165, 1.54) is 17.8 Å². The van der Waals surface area contributed by atoms with Crippen LogP contribution in [0.5, 0.6) is 0 Å². The van der Waals surface area contributed by atoms with Gasteiger partial charge in [0.15, 0.2) is 0 Å². The van der Waals surface area contributed by atoms with Crippen molar-refractivity contribution >= 4 is 23.6 Å². The number of hydrogen-bond acceptors (Lipinski definition) is 6. The number of amides is 1. The van der Waals surface area contributed by atoms with Crippen molar-refractivity contribution in [3.05, 3.63) is 22.9 Å². The van der Waals surface area contributed by atoms with E-state index in [4.69, 9.17) is 4.74 Å². The second-order valence-electron chi connectivity index (χ2n) is 5.18. The van der Waals surface area contributed by atoms with Crippen molar-refractivity contribution in [1.29, 1.82) is 5.26 Å². The fraction of sp³-hybridized carbons (Fsp3) is 0.500. The molecule has 0 saturated carbocycles. The normalized spacial score (nSPS) is 13.7. The van der Waals surface area contributed by atoms with E-state index < -0.39 is 5.97 Å². The Kier molecular flexibility index (Phi) is 5.99. The van der Waals surface area contributed by atoms with Gasteiger partial charge in [0.05, 0.1) is 29.2 Å². The molecule has 6 nitrogen and oxygen atoms in total. The number of pyridine rings is 1. The third-order valence-electron chi connectivity index (χ3n) is 3.59. The fourth-order valence-electron chi connectivity index (χ4n) is 2.38. The van der Waals surface area contributed by atoms with Crippen LogP contribution in [0.1, 0.15) is 41.4 Å². The minimum absolute atomic E-state index is 0.0605. The largest absolute Gasteiger partial charge is 0.462 e. The van der Waals surface area contributed by atoms with Crippen LogP contribution < -0.4 is 0 Å². The molecule has 0 unspecified atom stereocenters. The molecule has 0 spiro atoms. The maximum Gasteiger partial charge on any atom is 0.340 e. The first-order valence-corrected chi connectivity index (χ1v) is 8.54. The maximum absolute atomic E-state index is 12.1. The van der Waals surface area contributed by atoms with Crippen LogP contribution in [-0.2, 0) is 9.53 Å². The Bertz CT molecular complexity index is 649. The second kappa shape index (κ2) is 7.97. The molecule has 1 aromatic rings. The number of thioether (sulfide) groups is 1.